The molecule has 1 aromatic rings. The number of amides is 2. The van der Waals surface area contributed by atoms with Crippen LogP contribution in [-0.4, -0.2) is 83.8 Å². The van der Waals surface area contributed by atoms with Gasteiger partial charge in [0.2, 0.25) is 11.8 Å². The standard InChI is InChI=1S/C22H33N5O4/c1-16-4-5-19(20(11-16)27(30)31)23-21(28)14-24-6-8-25(9-7-24)15-22(29)26-12-17(2)10-18(3)13-26/h4-5,11,17-18H,6-10,12-15H2,1-3H3,(H,23,28). The van der Waals surface area contributed by atoms with Gasteiger partial charge in [-0.2, -0.15) is 0 Å². The largest absolute Gasteiger partial charge is 0.341 e. The molecule has 1 N–H and O–H groups in total. The van der Waals surface area contributed by atoms with Crippen LogP contribution in [0.15, 0.2) is 18.2 Å². The van der Waals surface area contributed by atoms with Crippen LogP contribution < -0.4 is 5.32 Å². The molecule has 9 nitrogen and oxygen atoms in total. The van der Waals surface area contributed by atoms with Crippen molar-refractivity contribution in [2.45, 2.75) is 27.2 Å². The summed E-state index contributed by atoms with van der Waals surface area (Å²) in [6.45, 7) is 11.3. The molecule has 0 bridgehead atoms. The van der Waals surface area contributed by atoms with Crippen molar-refractivity contribution in [3.63, 3.8) is 0 Å². The van der Waals surface area contributed by atoms with E-state index < -0.39 is 4.92 Å². The second kappa shape index (κ2) is 10.2. The van der Waals surface area contributed by atoms with Crippen molar-refractivity contribution in [3.8, 4) is 0 Å². The van der Waals surface area contributed by atoms with Crippen molar-refractivity contribution in [3.05, 3.63) is 33.9 Å². The fourth-order valence-corrected chi connectivity index (χ4v) is 4.55. The van der Waals surface area contributed by atoms with Gasteiger partial charge < -0.3 is 10.2 Å². The van der Waals surface area contributed by atoms with E-state index >= 15 is 0 Å². The van der Waals surface area contributed by atoms with Crippen LogP contribution in [0.1, 0.15) is 25.8 Å². The number of hydrogen-bond donors (Lipinski definition) is 1. The molecular weight excluding hydrogens is 398 g/mol. The lowest BCUT2D eigenvalue weighted by molar-refractivity contribution is -0.384. The van der Waals surface area contributed by atoms with Gasteiger partial charge in [0.05, 0.1) is 18.0 Å². The first-order valence-electron chi connectivity index (χ1n) is 11.0. The molecule has 2 aliphatic rings. The Labute approximate surface area is 183 Å². The van der Waals surface area contributed by atoms with Crippen LogP contribution in [0.4, 0.5) is 11.4 Å². The molecule has 0 saturated carbocycles. The minimum absolute atomic E-state index is 0.0990. The minimum atomic E-state index is -0.484. The minimum Gasteiger partial charge on any atom is -0.341 e. The van der Waals surface area contributed by atoms with Gasteiger partial charge in [-0.15, -0.1) is 0 Å². The molecule has 9 heteroatoms. The number of carbonyl (C=O) groups excluding carboxylic acids is 2. The Balaban J connectivity index is 1.44. The molecule has 0 aromatic heterocycles. The molecule has 2 amide bonds. The molecule has 2 fully saturated rings. The number of benzene rings is 1. The zero-order chi connectivity index (χ0) is 22.5. The van der Waals surface area contributed by atoms with E-state index in [1.807, 2.05) is 9.80 Å². The Morgan fingerprint density at radius 3 is 2.23 bits per heavy atom. The third-order valence-corrected chi connectivity index (χ3v) is 6.04. The summed E-state index contributed by atoms with van der Waals surface area (Å²) in [5, 5.41) is 13.9. The second-order valence-electron chi connectivity index (χ2n) is 9.12. The third-order valence-electron chi connectivity index (χ3n) is 6.04. The third kappa shape index (κ3) is 6.48. The summed E-state index contributed by atoms with van der Waals surface area (Å²) in [6.07, 6.45) is 1.18. The summed E-state index contributed by atoms with van der Waals surface area (Å²) in [5.74, 6) is 1.02. The molecule has 31 heavy (non-hydrogen) atoms. The maximum atomic E-state index is 12.7. The first-order valence-corrected chi connectivity index (χ1v) is 11.0. The molecule has 2 heterocycles. The number of nitro groups is 1. The van der Waals surface area contributed by atoms with Gasteiger partial charge in [0.15, 0.2) is 0 Å². The van der Waals surface area contributed by atoms with Crippen LogP contribution in [-0.2, 0) is 9.59 Å². The lowest BCUT2D eigenvalue weighted by Crippen LogP contribution is -2.52. The fraction of sp³-hybridized carbons (Fsp3) is 0.636. The molecule has 0 radical (unpaired) electrons. The van der Waals surface area contributed by atoms with Crippen LogP contribution >= 0.6 is 0 Å². The first kappa shape index (κ1) is 23.1. The maximum Gasteiger partial charge on any atom is 0.293 e. The average molecular weight is 432 g/mol. The van der Waals surface area contributed by atoms with Crippen LogP contribution in [0.25, 0.3) is 0 Å². The van der Waals surface area contributed by atoms with E-state index in [4.69, 9.17) is 0 Å². The number of likely N-dealkylation sites (tertiary alicyclic amines) is 1. The molecule has 1 aromatic carbocycles. The van der Waals surface area contributed by atoms with Crippen molar-refractivity contribution >= 4 is 23.2 Å². The topological polar surface area (TPSA) is 99.0 Å². The first-order chi connectivity index (χ1) is 14.7. The van der Waals surface area contributed by atoms with E-state index in [9.17, 15) is 19.7 Å². The van der Waals surface area contributed by atoms with E-state index in [-0.39, 0.29) is 29.7 Å². The van der Waals surface area contributed by atoms with E-state index in [0.717, 1.165) is 31.7 Å². The SMILES string of the molecule is Cc1ccc(NC(=O)CN2CCN(CC(=O)N3CC(C)CC(C)C3)CC2)c([N+](=O)[O-])c1. The summed E-state index contributed by atoms with van der Waals surface area (Å²) >= 11 is 0. The average Bonchev–Trinajstić information content (AvgIpc) is 2.70. The number of piperidine rings is 1. The highest BCUT2D eigenvalue weighted by atomic mass is 16.6. The Hall–Kier alpha value is -2.52. The van der Waals surface area contributed by atoms with E-state index in [2.05, 4.69) is 24.1 Å². The van der Waals surface area contributed by atoms with Gasteiger partial charge >= 0.3 is 0 Å². The van der Waals surface area contributed by atoms with Crippen molar-refractivity contribution in [1.82, 2.24) is 14.7 Å². The Morgan fingerprint density at radius 1 is 1.06 bits per heavy atom. The summed E-state index contributed by atoms with van der Waals surface area (Å²) in [4.78, 5) is 42.0. The molecule has 2 atom stereocenters. The molecule has 2 aliphatic heterocycles. The number of aryl methyl sites for hydroxylation is 1. The number of nitrogens with one attached hydrogen (secondary N) is 1. The highest BCUT2D eigenvalue weighted by Gasteiger charge is 2.28. The predicted octanol–water partition coefficient (Wildman–Crippen LogP) is 1.96. The summed E-state index contributed by atoms with van der Waals surface area (Å²) in [7, 11) is 0. The maximum absolute atomic E-state index is 12.7. The molecule has 0 spiro atoms. The van der Waals surface area contributed by atoms with Crippen molar-refractivity contribution < 1.29 is 14.5 Å². The highest BCUT2D eigenvalue weighted by Crippen LogP contribution is 2.25. The van der Waals surface area contributed by atoms with Gasteiger partial charge in [-0.25, -0.2) is 0 Å². The Kier molecular flexibility index (Phi) is 7.61. The van der Waals surface area contributed by atoms with Crippen molar-refractivity contribution in [2.24, 2.45) is 11.8 Å². The Morgan fingerprint density at radius 2 is 1.65 bits per heavy atom. The van der Waals surface area contributed by atoms with Crippen LogP contribution in [0.5, 0.6) is 0 Å². The number of anilines is 1. The quantitative estimate of drug-likeness (QED) is 0.546. The molecule has 170 valence electrons. The van der Waals surface area contributed by atoms with Gasteiger partial charge in [0.1, 0.15) is 5.69 Å². The molecular formula is C22H33N5O4. The van der Waals surface area contributed by atoms with Gasteiger partial charge in [-0.05, 0) is 36.8 Å². The van der Waals surface area contributed by atoms with E-state index in [0.29, 0.717) is 31.5 Å². The normalized spacial score (nSPS) is 22.9. The Bertz CT molecular complexity index is 812. The lowest BCUT2D eigenvalue weighted by atomic mass is 9.92. The molecule has 2 unspecified atom stereocenters. The summed E-state index contributed by atoms with van der Waals surface area (Å²) in [5.41, 5.74) is 0.886. The number of hydrogen-bond acceptors (Lipinski definition) is 6. The van der Waals surface area contributed by atoms with Crippen LogP contribution in [0.3, 0.4) is 0 Å². The summed E-state index contributed by atoms with van der Waals surface area (Å²) < 4.78 is 0. The molecule has 0 aliphatic carbocycles. The zero-order valence-corrected chi connectivity index (χ0v) is 18.7. The monoisotopic (exact) mass is 431 g/mol. The number of nitrogens with zero attached hydrogens (tertiary/aromatic N) is 4. The van der Waals surface area contributed by atoms with Crippen LogP contribution in [0.2, 0.25) is 0 Å². The number of piperazine rings is 1. The highest BCUT2D eigenvalue weighted by molar-refractivity contribution is 5.94. The van der Waals surface area contributed by atoms with E-state index in [1.165, 1.54) is 12.5 Å². The van der Waals surface area contributed by atoms with Gasteiger partial charge in [0, 0.05) is 45.3 Å². The summed E-state index contributed by atoms with van der Waals surface area (Å²) in [6, 6.07) is 4.76. The number of nitro benzene ring substituents is 1. The fourth-order valence-electron chi connectivity index (χ4n) is 4.55. The number of carbonyl (C=O) groups is 2. The molecule has 2 saturated heterocycles. The zero-order valence-electron chi connectivity index (χ0n) is 18.7. The lowest BCUT2D eigenvalue weighted by Gasteiger charge is -2.38. The van der Waals surface area contributed by atoms with Gasteiger partial charge in [0.25, 0.3) is 5.69 Å². The second-order valence-corrected chi connectivity index (χ2v) is 9.12. The van der Waals surface area contributed by atoms with Crippen molar-refractivity contribution in [1.29, 1.82) is 0 Å². The van der Waals surface area contributed by atoms with E-state index in [1.54, 1.807) is 19.1 Å². The van der Waals surface area contributed by atoms with Crippen LogP contribution in [0, 0.1) is 28.9 Å². The van der Waals surface area contributed by atoms with Gasteiger partial charge in [-0.1, -0.05) is 19.9 Å². The van der Waals surface area contributed by atoms with Crippen molar-refractivity contribution in [2.75, 3.05) is 57.7 Å². The number of rotatable bonds is 6. The van der Waals surface area contributed by atoms with Gasteiger partial charge in [-0.3, -0.25) is 29.5 Å². The smallest absolute Gasteiger partial charge is 0.293 e. The molecule has 3 rings (SSSR count). The predicted molar refractivity (Wildman–Crippen MR) is 119 cm³/mol.